The molecule has 0 aliphatic rings. The van der Waals surface area contributed by atoms with Crippen LogP contribution in [0.25, 0.3) is 0 Å². The number of nitrogens with zero attached hydrogens (tertiary/aromatic N) is 3. The van der Waals surface area contributed by atoms with Gasteiger partial charge in [0.05, 0.1) is 11.5 Å². The molecule has 0 radical (unpaired) electrons. The number of hydrogen-bond acceptors (Lipinski definition) is 7. The van der Waals surface area contributed by atoms with Gasteiger partial charge in [0.1, 0.15) is 23.6 Å². The lowest BCUT2D eigenvalue weighted by atomic mass is 10.2. The smallest absolute Gasteiger partial charge is 0.289 e. The lowest BCUT2D eigenvalue weighted by Gasteiger charge is -2.07. The van der Waals surface area contributed by atoms with Gasteiger partial charge in [0.2, 0.25) is 0 Å². The maximum Gasteiger partial charge on any atom is 0.289 e. The molecule has 0 bridgehead atoms. The van der Waals surface area contributed by atoms with E-state index in [2.05, 4.69) is 15.6 Å². The highest BCUT2D eigenvalue weighted by Gasteiger charge is 2.11. The first-order chi connectivity index (χ1) is 9.19. The van der Waals surface area contributed by atoms with Gasteiger partial charge in [-0.15, -0.1) is 0 Å². The first-order valence-corrected chi connectivity index (χ1v) is 5.67. The van der Waals surface area contributed by atoms with Crippen molar-refractivity contribution in [1.82, 2.24) is 10.3 Å². The maximum atomic E-state index is 10.6. The average Bonchev–Trinajstić information content (AvgIpc) is 2.42. The molecule has 8 nitrogen and oxygen atoms in total. The van der Waals surface area contributed by atoms with Crippen molar-refractivity contribution in [3.8, 4) is 6.07 Å². The number of hydrogen-bond donors (Lipinski definition) is 2. The number of anilines is 1. The summed E-state index contributed by atoms with van der Waals surface area (Å²) in [5.41, 5.74) is -0.0357. The highest BCUT2D eigenvalue weighted by Crippen LogP contribution is 2.17. The van der Waals surface area contributed by atoms with Crippen LogP contribution in [0.3, 0.4) is 0 Å². The Kier molecular flexibility index (Phi) is 6.21. The summed E-state index contributed by atoms with van der Waals surface area (Å²) in [6, 6.07) is 3.08. The Morgan fingerprint density at radius 3 is 2.95 bits per heavy atom. The van der Waals surface area contributed by atoms with E-state index in [0.29, 0.717) is 25.5 Å². The van der Waals surface area contributed by atoms with E-state index >= 15 is 0 Å². The lowest BCUT2D eigenvalue weighted by Crippen LogP contribution is -2.25. The zero-order valence-electron chi connectivity index (χ0n) is 10.5. The summed E-state index contributed by atoms with van der Waals surface area (Å²) in [6.07, 6.45) is 1.13. The van der Waals surface area contributed by atoms with Crippen LogP contribution in [0.4, 0.5) is 11.5 Å². The summed E-state index contributed by atoms with van der Waals surface area (Å²) in [7, 11) is 1.62. The largest absolute Gasteiger partial charge is 0.383 e. The van der Waals surface area contributed by atoms with E-state index in [1.165, 1.54) is 6.07 Å². The number of nitro groups is 1. The molecule has 1 heterocycles. The standard InChI is InChI=1S/C11H15N5O3/c1-19-5-4-13-2-3-14-11-9(7-12)6-10(8-15-11)16(17)18/h6,8,13H,2-5H2,1H3,(H,14,15). The normalized spacial score (nSPS) is 9.89. The van der Waals surface area contributed by atoms with Crippen molar-refractivity contribution in [2.75, 3.05) is 38.7 Å². The fraction of sp³-hybridized carbons (Fsp3) is 0.455. The molecule has 102 valence electrons. The Morgan fingerprint density at radius 1 is 1.53 bits per heavy atom. The number of pyridine rings is 1. The number of ether oxygens (including phenoxy) is 1. The van der Waals surface area contributed by atoms with Gasteiger partial charge in [0, 0.05) is 32.8 Å². The third kappa shape index (κ3) is 4.87. The molecule has 2 N–H and O–H groups in total. The molecule has 0 aliphatic carbocycles. The van der Waals surface area contributed by atoms with Gasteiger partial charge in [-0.25, -0.2) is 4.98 Å². The second-order valence-corrected chi connectivity index (χ2v) is 3.63. The topological polar surface area (TPSA) is 113 Å². The third-order valence-electron chi connectivity index (χ3n) is 2.28. The molecule has 0 aliphatic heterocycles. The van der Waals surface area contributed by atoms with Crippen LogP contribution in [-0.4, -0.2) is 43.3 Å². The van der Waals surface area contributed by atoms with Crippen LogP contribution < -0.4 is 10.6 Å². The summed E-state index contributed by atoms with van der Waals surface area (Å²) in [5, 5.41) is 25.5. The van der Waals surface area contributed by atoms with Crippen LogP contribution in [0, 0.1) is 21.4 Å². The van der Waals surface area contributed by atoms with E-state index in [4.69, 9.17) is 10.00 Å². The molecule has 19 heavy (non-hydrogen) atoms. The van der Waals surface area contributed by atoms with Crippen LogP contribution in [-0.2, 0) is 4.74 Å². The maximum absolute atomic E-state index is 10.6. The Bertz CT molecular complexity index is 472. The minimum Gasteiger partial charge on any atom is -0.383 e. The highest BCUT2D eigenvalue weighted by atomic mass is 16.6. The minimum atomic E-state index is -0.579. The molecule has 0 saturated carbocycles. The van der Waals surface area contributed by atoms with E-state index in [1.807, 2.05) is 6.07 Å². The molecule has 0 spiro atoms. The molecule has 1 rings (SSSR count). The highest BCUT2D eigenvalue weighted by molar-refractivity contribution is 5.55. The van der Waals surface area contributed by atoms with Crippen molar-refractivity contribution < 1.29 is 9.66 Å². The van der Waals surface area contributed by atoms with Crippen molar-refractivity contribution >= 4 is 11.5 Å². The fourth-order valence-electron chi connectivity index (χ4n) is 1.35. The van der Waals surface area contributed by atoms with E-state index in [9.17, 15) is 10.1 Å². The quantitative estimate of drug-likeness (QED) is 0.400. The van der Waals surface area contributed by atoms with Crippen molar-refractivity contribution in [3.63, 3.8) is 0 Å². The fourth-order valence-corrected chi connectivity index (χ4v) is 1.35. The Hall–Kier alpha value is -2.24. The van der Waals surface area contributed by atoms with Gasteiger partial charge >= 0.3 is 0 Å². The molecule has 0 amide bonds. The second-order valence-electron chi connectivity index (χ2n) is 3.63. The summed E-state index contributed by atoms with van der Waals surface area (Å²) in [5.74, 6) is 0.349. The van der Waals surface area contributed by atoms with E-state index in [1.54, 1.807) is 7.11 Å². The first kappa shape index (κ1) is 14.8. The number of rotatable bonds is 8. The van der Waals surface area contributed by atoms with E-state index in [-0.39, 0.29) is 11.3 Å². The van der Waals surface area contributed by atoms with Gasteiger partial charge in [-0.3, -0.25) is 10.1 Å². The van der Waals surface area contributed by atoms with Crippen LogP contribution in [0.15, 0.2) is 12.3 Å². The van der Waals surface area contributed by atoms with Gasteiger partial charge in [-0.05, 0) is 0 Å². The predicted molar refractivity (Wildman–Crippen MR) is 68.8 cm³/mol. The zero-order valence-corrected chi connectivity index (χ0v) is 10.5. The van der Waals surface area contributed by atoms with Gasteiger partial charge in [-0.2, -0.15) is 5.26 Å². The van der Waals surface area contributed by atoms with Crippen LogP contribution in [0.2, 0.25) is 0 Å². The molecular formula is C11H15N5O3. The number of methoxy groups -OCH3 is 1. The minimum absolute atomic E-state index is 0.158. The molecule has 1 aromatic heterocycles. The Morgan fingerprint density at radius 2 is 2.32 bits per heavy atom. The van der Waals surface area contributed by atoms with Gasteiger partial charge in [-0.1, -0.05) is 0 Å². The SMILES string of the molecule is COCCNCCNc1ncc([N+](=O)[O-])cc1C#N. The van der Waals surface area contributed by atoms with Crippen molar-refractivity contribution in [2.24, 2.45) is 0 Å². The van der Waals surface area contributed by atoms with Crippen molar-refractivity contribution in [1.29, 1.82) is 5.26 Å². The Labute approximate surface area is 110 Å². The monoisotopic (exact) mass is 265 g/mol. The number of nitrogens with one attached hydrogen (secondary N) is 2. The summed E-state index contributed by atoms with van der Waals surface area (Å²) in [4.78, 5) is 13.9. The summed E-state index contributed by atoms with van der Waals surface area (Å²) < 4.78 is 4.88. The first-order valence-electron chi connectivity index (χ1n) is 5.67. The second kappa shape index (κ2) is 7.97. The number of aromatic nitrogens is 1. The Balaban J connectivity index is 2.50. The predicted octanol–water partition coefficient (Wildman–Crippen LogP) is 0.509. The molecule has 0 fully saturated rings. The lowest BCUT2D eigenvalue weighted by molar-refractivity contribution is -0.385. The molecule has 1 aromatic rings. The van der Waals surface area contributed by atoms with Crippen LogP contribution in [0.1, 0.15) is 5.56 Å². The molecular weight excluding hydrogens is 250 g/mol. The van der Waals surface area contributed by atoms with Crippen LogP contribution in [0.5, 0.6) is 0 Å². The molecule has 0 aromatic carbocycles. The summed E-state index contributed by atoms with van der Waals surface area (Å²) in [6.45, 7) is 2.59. The van der Waals surface area contributed by atoms with Gasteiger partial charge < -0.3 is 15.4 Å². The molecule has 8 heteroatoms. The van der Waals surface area contributed by atoms with E-state index < -0.39 is 4.92 Å². The zero-order chi connectivity index (χ0) is 14.1. The molecule has 0 saturated heterocycles. The van der Waals surface area contributed by atoms with E-state index in [0.717, 1.165) is 12.7 Å². The van der Waals surface area contributed by atoms with Crippen molar-refractivity contribution in [3.05, 3.63) is 27.9 Å². The van der Waals surface area contributed by atoms with Crippen LogP contribution >= 0.6 is 0 Å². The summed E-state index contributed by atoms with van der Waals surface area (Å²) >= 11 is 0. The molecule has 0 atom stereocenters. The number of nitriles is 1. The van der Waals surface area contributed by atoms with Gasteiger partial charge in [0.25, 0.3) is 5.69 Å². The third-order valence-corrected chi connectivity index (χ3v) is 2.28. The van der Waals surface area contributed by atoms with Crippen molar-refractivity contribution in [2.45, 2.75) is 0 Å². The average molecular weight is 265 g/mol. The molecule has 0 unspecified atom stereocenters. The van der Waals surface area contributed by atoms with Gasteiger partial charge in [0.15, 0.2) is 0 Å².